The summed E-state index contributed by atoms with van der Waals surface area (Å²) in [6.45, 7) is 2.43. The van der Waals surface area contributed by atoms with Gasteiger partial charge in [0.25, 0.3) is 0 Å². The number of ether oxygens (including phenoxy) is 1. The average Bonchev–Trinajstić information content (AvgIpc) is 2.75. The van der Waals surface area contributed by atoms with Crippen molar-refractivity contribution < 1.29 is 9.84 Å². The summed E-state index contributed by atoms with van der Waals surface area (Å²) in [7, 11) is 1.63. The Labute approximate surface area is 99.7 Å². The predicted molar refractivity (Wildman–Crippen MR) is 62.8 cm³/mol. The van der Waals surface area contributed by atoms with Crippen LogP contribution in [0.2, 0.25) is 0 Å². The normalized spacial score (nSPS) is 10.5. The maximum atomic E-state index is 9.11. The predicted octanol–water partition coefficient (Wildman–Crippen LogP) is 1.14. The van der Waals surface area contributed by atoms with E-state index < -0.39 is 0 Å². The lowest BCUT2D eigenvalue weighted by Gasteiger charge is -2.08. The van der Waals surface area contributed by atoms with E-state index in [0.29, 0.717) is 12.4 Å². The molecule has 2 rings (SSSR count). The summed E-state index contributed by atoms with van der Waals surface area (Å²) in [5, 5.41) is 9.11. The molecule has 0 atom stereocenters. The van der Waals surface area contributed by atoms with Crippen molar-refractivity contribution in [3.63, 3.8) is 0 Å². The molecule has 0 aliphatic rings. The van der Waals surface area contributed by atoms with Crippen LogP contribution in [0, 0.1) is 6.92 Å². The second-order valence-electron chi connectivity index (χ2n) is 3.77. The second kappa shape index (κ2) is 4.97. The molecule has 0 saturated carbocycles. The molecule has 0 bridgehead atoms. The quantitative estimate of drug-likeness (QED) is 0.860. The molecule has 0 saturated heterocycles. The molecule has 2 heterocycles. The molecule has 2 aromatic rings. The molecule has 0 fully saturated rings. The van der Waals surface area contributed by atoms with Crippen LogP contribution in [-0.2, 0) is 13.2 Å². The Kier molecular flexibility index (Phi) is 3.39. The Bertz CT molecular complexity index is 508. The van der Waals surface area contributed by atoms with Crippen LogP contribution in [0.5, 0.6) is 5.75 Å². The molecule has 0 aromatic carbocycles. The fourth-order valence-electron chi connectivity index (χ4n) is 1.71. The number of aliphatic hydroxyl groups is 1. The minimum Gasteiger partial charge on any atom is -0.497 e. The molecule has 0 spiro atoms. The third-order valence-electron chi connectivity index (χ3n) is 2.49. The van der Waals surface area contributed by atoms with Crippen LogP contribution in [0.3, 0.4) is 0 Å². The van der Waals surface area contributed by atoms with Gasteiger partial charge in [0.15, 0.2) is 0 Å². The number of aryl methyl sites for hydroxylation is 1. The maximum absolute atomic E-state index is 9.11. The Balaban J connectivity index is 2.26. The highest BCUT2D eigenvalue weighted by Gasteiger charge is 2.05. The second-order valence-corrected chi connectivity index (χ2v) is 3.77. The lowest BCUT2D eigenvalue weighted by atomic mass is 10.3. The van der Waals surface area contributed by atoms with E-state index in [1.807, 2.05) is 29.8 Å². The van der Waals surface area contributed by atoms with Crippen LogP contribution in [0.4, 0.5) is 0 Å². The van der Waals surface area contributed by atoms with Gasteiger partial charge in [-0.2, -0.15) is 0 Å². The largest absolute Gasteiger partial charge is 0.497 e. The van der Waals surface area contributed by atoms with Crippen LogP contribution in [0.1, 0.15) is 17.2 Å². The molecule has 5 nitrogen and oxygen atoms in total. The van der Waals surface area contributed by atoms with Crippen molar-refractivity contribution in [2.24, 2.45) is 0 Å². The van der Waals surface area contributed by atoms with Gasteiger partial charge in [-0.25, -0.2) is 4.98 Å². The first-order valence-electron chi connectivity index (χ1n) is 5.35. The van der Waals surface area contributed by atoms with Crippen molar-refractivity contribution in [3.8, 4) is 5.75 Å². The van der Waals surface area contributed by atoms with E-state index in [2.05, 4.69) is 9.97 Å². The van der Waals surface area contributed by atoms with Crippen LogP contribution in [0.15, 0.2) is 24.5 Å². The molecular weight excluding hydrogens is 218 g/mol. The number of pyridine rings is 1. The molecular formula is C12H15N3O2. The molecule has 5 heteroatoms. The number of aromatic nitrogens is 3. The smallest absolute Gasteiger partial charge is 0.134 e. The number of aliphatic hydroxyl groups excluding tert-OH is 1. The van der Waals surface area contributed by atoms with Crippen molar-refractivity contribution in [2.45, 2.75) is 20.1 Å². The summed E-state index contributed by atoms with van der Waals surface area (Å²) in [4.78, 5) is 8.47. The number of imidazole rings is 1. The zero-order valence-electron chi connectivity index (χ0n) is 9.92. The fraction of sp³-hybridized carbons (Fsp3) is 0.333. The topological polar surface area (TPSA) is 60.2 Å². The lowest BCUT2D eigenvalue weighted by Crippen LogP contribution is -2.06. The van der Waals surface area contributed by atoms with Crippen molar-refractivity contribution in [2.75, 3.05) is 7.11 Å². The fourth-order valence-corrected chi connectivity index (χ4v) is 1.71. The van der Waals surface area contributed by atoms with Gasteiger partial charge in [0.05, 0.1) is 19.3 Å². The van der Waals surface area contributed by atoms with Crippen LogP contribution < -0.4 is 4.74 Å². The van der Waals surface area contributed by atoms with Gasteiger partial charge in [-0.3, -0.25) is 4.98 Å². The van der Waals surface area contributed by atoms with Gasteiger partial charge in [0.2, 0.25) is 0 Å². The van der Waals surface area contributed by atoms with Gasteiger partial charge in [-0.05, 0) is 6.92 Å². The third kappa shape index (κ3) is 2.62. The minimum atomic E-state index is -0.0735. The number of hydrogen-bond acceptors (Lipinski definition) is 4. The first-order chi connectivity index (χ1) is 8.22. The summed E-state index contributed by atoms with van der Waals surface area (Å²) in [5.74, 6) is 1.42. The standard InChI is InChI=1S/C12H15N3O2/c1-9-5-11(17-2)6-10(14-9)7-15-4-3-13-12(15)8-16/h3-6,16H,7-8H2,1-2H3. The monoisotopic (exact) mass is 233 g/mol. The molecule has 0 aliphatic carbocycles. The molecule has 2 aromatic heterocycles. The highest BCUT2D eigenvalue weighted by Crippen LogP contribution is 2.14. The number of hydrogen-bond donors (Lipinski definition) is 1. The van der Waals surface area contributed by atoms with Crippen LogP contribution in [0.25, 0.3) is 0 Å². The molecule has 0 unspecified atom stereocenters. The zero-order chi connectivity index (χ0) is 12.3. The van der Waals surface area contributed by atoms with Gasteiger partial charge in [0.1, 0.15) is 18.2 Å². The van der Waals surface area contributed by atoms with Crippen molar-refractivity contribution in [1.29, 1.82) is 0 Å². The average molecular weight is 233 g/mol. The highest BCUT2D eigenvalue weighted by atomic mass is 16.5. The van der Waals surface area contributed by atoms with Gasteiger partial charge in [-0.15, -0.1) is 0 Å². The Morgan fingerprint density at radius 3 is 2.94 bits per heavy atom. The summed E-state index contributed by atoms with van der Waals surface area (Å²) in [5.41, 5.74) is 1.79. The van der Waals surface area contributed by atoms with Gasteiger partial charge in [0, 0.05) is 30.2 Å². The van der Waals surface area contributed by atoms with Crippen molar-refractivity contribution >= 4 is 0 Å². The number of rotatable bonds is 4. The minimum absolute atomic E-state index is 0.0735. The van der Waals surface area contributed by atoms with E-state index in [9.17, 15) is 0 Å². The number of nitrogens with zero attached hydrogens (tertiary/aromatic N) is 3. The Morgan fingerprint density at radius 2 is 2.24 bits per heavy atom. The molecule has 0 radical (unpaired) electrons. The van der Waals surface area contributed by atoms with Crippen LogP contribution in [-0.4, -0.2) is 26.8 Å². The molecule has 17 heavy (non-hydrogen) atoms. The van der Waals surface area contributed by atoms with E-state index in [0.717, 1.165) is 17.1 Å². The maximum Gasteiger partial charge on any atom is 0.134 e. The summed E-state index contributed by atoms with van der Waals surface area (Å²) in [6.07, 6.45) is 3.49. The first-order valence-corrected chi connectivity index (χ1v) is 5.35. The van der Waals surface area contributed by atoms with Crippen molar-refractivity contribution in [3.05, 3.63) is 41.7 Å². The van der Waals surface area contributed by atoms with Crippen molar-refractivity contribution in [1.82, 2.24) is 14.5 Å². The molecule has 0 aliphatic heterocycles. The summed E-state index contributed by atoms with van der Waals surface area (Å²) in [6, 6.07) is 3.76. The summed E-state index contributed by atoms with van der Waals surface area (Å²) < 4.78 is 7.06. The van der Waals surface area contributed by atoms with E-state index in [4.69, 9.17) is 9.84 Å². The van der Waals surface area contributed by atoms with E-state index in [1.54, 1.807) is 13.3 Å². The SMILES string of the molecule is COc1cc(C)nc(Cn2ccnc2CO)c1. The Hall–Kier alpha value is -1.88. The van der Waals surface area contributed by atoms with E-state index >= 15 is 0 Å². The Morgan fingerprint density at radius 1 is 1.41 bits per heavy atom. The molecule has 1 N–H and O–H groups in total. The summed E-state index contributed by atoms with van der Waals surface area (Å²) >= 11 is 0. The molecule has 90 valence electrons. The van der Waals surface area contributed by atoms with E-state index in [1.165, 1.54) is 0 Å². The van der Waals surface area contributed by atoms with Crippen LogP contribution >= 0.6 is 0 Å². The number of methoxy groups -OCH3 is 1. The van der Waals surface area contributed by atoms with Gasteiger partial charge in [-0.1, -0.05) is 0 Å². The first kappa shape index (κ1) is 11.6. The van der Waals surface area contributed by atoms with Gasteiger partial charge >= 0.3 is 0 Å². The lowest BCUT2D eigenvalue weighted by molar-refractivity contribution is 0.266. The molecule has 0 amide bonds. The van der Waals surface area contributed by atoms with E-state index in [-0.39, 0.29) is 6.61 Å². The third-order valence-corrected chi connectivity index (χ3v) is 2.49. The highest BCUT2D eigenvalue weighted by molar-refractivity contribution is 5.26. The van der Waals surface area contributed by atoms with Gasteiger partial charge < -0.3 is 14.4 Å². The zero-order valence-corrected chi connectivity index (χ0v) is 9.92.